The smallest absolute Gasteiger partial charge is 0.306 e. The molecular formula is C12H18N2O2. The van der Waals surface area contributed by atoms with Crippen LogP contribution in [0.1, 0.15) is 38.6 Å². The van der Waals surface area contributed by atoms with Gasteiger partial charge in [0.25, 0.3) is 0 Å². The van der Waals surface area contributed by atoms with Gasteiger partial charge < -0.3 is 9.67 Å². The highest BCUT2D eigenvalue weighted by molar-refractivity contribution is 5.70. The average Bonchev–Trinajstić information content (AvgIpc) is 2.58. The molecule has 2 heterocycles. The van der Waals surface area contributed by atoms with E-state index < -0.39 is 5.97 Å². The first kappa shape index (κ1) is 11.2. The number of rotatable bonds is 1. The monoisotopic (exact) mass is 222 g/mol. The number of imidazole rings is 1. The van der Waals surface area contributed by atoms with Crippen molar-refractivity contribution in [1.82, 2.24) is 9.55 Å². The van der Waals surface area contributed by atoms with Crippen molar-refractivity contribution in [2.45, 2.75) is 45.6 Å². The maximum Gasteiger partial charge on any atom is 0.306 e. The Morgan fingerprint density at radius 3 is 2.81 bits per heavy atom. The largest absolute Gasteiger partial charge is 0.481 e. The lowest BCUT2D eigenvalue weighted by Crippen LogP contribution is -2.27. The lowest BCUT2D eigenvalue weighted by Gasteiger charge is -2.25. The molecular weight excluding hydrogens is 204 g/mol. The highest BCUT2D eigenvalue weighted by atomic mass is 16.4. The summed E-state index contributed by atoms with van der Waals surface area (Å²) >= 11 is 0. The van der Waals surface area contributed by atoms with Crippen LogP contribution in [0.25, 0.3) is 0 Å². The molecule has 4 nitrogen and oxygen atoms in total. The number of aryl methyl sites for hydroxylation is 1. The van der Waals surface area contributed by atoms with Crippen LogP contribution in [-0.2, 0) is 23.2 Å². The van der Waals surface area contributed by atoms with Crippen molar-refractivity contribution in [2.75, 3.05) is 0 Å². The van der Waals surface area contributed by atoms with Crippen molar-refractivity contribution >= 4 is 5.97 Å². The highest BCUT2D eigenvalue weighted by Gasteiger charge is 2.30. The molecule has 1 aliphatic heterocycles. The molecule has 16 heavy (non-hydrogen) atoms. The molecule has 0 spiro atoms. The maximum absolute atomic E-state index is 11.0. The second-order valence-corrected chi connectivity index (χ2v) is 5.51. The predicted octanol–water partition coefficient (Wildman–Crippen LogP) is 1.83. The fourth-order valence-corrected chi connectivity index (χ4v) is 2.28. The number of fused-ring (bicyclic) bond motifs is 1. The molecule has 1 N–H and O–H groups in total. The fourth-order valence-electron chi connectivity index (χ4n) is 2.28. The maximum atomic E-state index is 11.0. The molecule has 0 aromatic carbocycles. The minimum Gasteiger partial charge on any atom is -0.481 e. The van der Waals surface area contributed by atoms with E-state index >= 15 is 0 Å². The Hall–Kier alpha value is -1.32. The lowest BCUT2D eigenvalue weighted by molar-refractivity contribution is -0.142. The van der Waals surface area contributed by atoms with Crippen LogP contribution in [0, 0.1) is 5.92 Å². The molecule has 0 amide bonds. The number of nitrogens with zero attached hydrogens (tertiary/aromatic N) is 2. The van der Waals surface area contributed by atoms with Gasteiger partial charge in [-0.15, -0.1) is 0 Å². The number of hydrogen-bond acceptors (Lipinski definition) is 2. The summed E-state index contributed by atoms with van der Waals surface area (Å²) in [7, 11) is 0. The molecule has 2 rings (SSSR count). The fraction of sp³-hybridized carbons (Fsp3) is 0.667. The molecule has 0 radical (unpaired) electrons. The zero-order valence-corrected chi connectivity index (χ0v) is 10.0. The predicted molar refractivity (Wildman–Crippen MR) is 60.4 cm³/mol. The highest BCUT2D eigenvalue weighted by Crippen LogP contribution is 2.30. The summed E-state index contributed by atoms with van der Waals surface area (Å²) in [4.78, 5) is 15.5. The zero-order valence-electron chi connectivity index (χ0n) is 10.0. The number of hydrogen-bond donors (Lipinski definition) is 1. The van der Waals surface area contributed by atoms with Gasteiger partial charge in [0.15, 0.2) is 0 Å². The zero-order chi connectivity index (χ0) is 11.9. The normalized spacial score (nSPS) is 20.6. The van der Waals surface area contributed by atoms with E-state index in [2.05, 4.69) is 30.3 Å². The van der Waals surface area contributed by atoms with Crippen LogP contribution in [-0.4, -0.2) is 20.6 Å². The van der Waals surface area contributed by atoms with Crippen LogP contribution in [0.4, 0.5) is 0 Å². The van der Waals surface area contributed by atoms with Gasteiger partial charge in [-0.05, 0) is 6.42 Å². The lowest BCUT2D eigenvalue weighted by atomic mass is 9.86. The van der Waals surface area contributed by atoms with E-state index in [1.54, 1.807) is 0 Å². The molecule has 88 valence electrons. The topological polar surface area (TPSA) is 55.1 Å². The molecule has 4 heteroatoms. The van der Waals surface area contributed by atoms with Crippen LogP contribution >= 0.6 is 0 Å². The Bertz CT molecular complexity index is 415. The minimum absolute atomic E-state index is 0.0129. The molecule has 1 aliphatic rings. The summed E-state index contributed by atoms with van der Waals surface area (Å²) in [6.45, 7) is 7.11. The summed E-state index contributed by atoms with van der Waals surface area (Å²) in [6, 6.07) is 0. The van der Waals surface area contributed by atoms with E-state index in [1.807, 2.05) is 6.33 Å². The summed E-state index contributed by atoms with van der Waals surface area (Å²) in [6.07, 6.45) is 3.16. The van der Waals surface area contributed by atoms with E-state index in [4.69, 9.17) is 5.11 Å². The Balaban J connectivity index is 2.35. The molecule has 0 aliphatic carbocycles. The van der Waals surface area contributed by atoms with Gasteiger partial charge in [0.2, 0.25) is 0 Å². The van der Waals surface area contributed by atoms with Gasteiger partial charge in [-0.1, -0.05) is 20.8 Å². The molecule has 1 aromatic rings. The van der Waals surface area contributed by atoms with Crippen molar-refractivity contribution in [2.24, 2.45) is 5.92 Å². The Morgan fingerprint density at radius 2 is 2.25 bits per heavy atom. The Morgan fingerprint density at radius 1 is 1.56 bits per heavy atom. The molecule has 0 saturated heterocycles. The number of aromatic nitrogens is 2. The van der Waals surface area contributed by atoms with Crippen molar-refractivity contribution < 1.29 is 9.90 Å². The summed E-state index contributed by atoms with van der Waals surface area (Å²) in [5.74, 6) is -0.933. The van der Waals surface area contributed by atoms with E-state index in [9.17, 15) is 4.79 Å². The van der Waals surface area contributed by atoms with Gasteiger partial charge in [0.05, 0.1) is 17.9 Å². The quantitative estimate of drug-likeness (QED) is 0.788. The van der Waals surface area contributed by atoms with Gasteiger partial charge in [-0.3, -0.25) is 4.79 Å². The first-order valence-corrected chi connectivity index (χ1v) is 5.67. The molecule has 0 fully saturated rings. The number of carbonyl (C=O) groups is 1. The van der Waals surface area contributed by atoms with Crippen LogP contribution in [0.2, 0.25) is 0 Å². The van der Waals surface area contributed by atoms with Gasteiger partial charge in [0.1, 0.15) is 0 Å². The van der Waals surface area contributed by atoms with Gasteiger partial charge in [-0.2, -0.15) is 0 Å². The Kier molecular flexibility index (Phi) is 2.52. The summed E-state index contributed by atoms with van der Waals surface area (Å²) < 4.78 is 2.10. The third-order valence-corrected chi connectivity index (χ3v) is 3.16. The summed E-state index contributed by atoms with van der Waals surface area (Å²) in [5.41, 5.74) is 2.13. The standard InChI is InChI=1S/C12H18N2O2/c1-12(2,3)10-9-6-8(11(15)16)4-5-14(9)7-13-10/h7-8H,4-6H2,1-3H3,(H,15,16). The SMILES string of the molecule is CC(C)(C)c1ncn2c1CC(C(=O)O)CC2. The number of aliphatic carboxylic acids is 1. The third kappa shape index (κ3) is 1.84. The summed E-state index contributed by atoms with van der Waals surface area (Å²) in [5, 5.41) is 9.07. The van der Waals surface area contributed by atoms with Gasteiger partial charge >= 0.3 is 5.97 Å². The first-order valence-electron chi connectivity index (χ1n) is 5.67. The first-order chi connectivity index (χ1) is 7.39. The van der Waals surface area contributed by atoms with Crippen LogP contribution < -0.4 is 0 Å². The van der Waals surface area contributed by atoms with Crippen LogP contribution in [0.3, 0.4) is 0 Å². The van der Waals surface area contributed by atoms with Crippen LogP contribution in [0.5, 0.6) is 0 Å². The second kappa shape index (κ2) is 3.61. The van der Waals surface area contributed by atoms with Crippen molar-refractivity contribution in [3.8, 4) is 0 Å². The van der Waals surface area contributed by atoms with E-state index in [1.165, 1.54) is 0 Å². The molecule has 1 atom stereocenters. The molecule has 0 saturated carbocycles. The average molecular weight is 222 g/mol. The second-order valence-electron chi connectivity index (χ2n) is 5.51. The Labute approximate surface area is 95.3 Å². The van der Waals surface area contributed by atoms with E-state index in [-0.39, 0.29) is 11.3 Å². The number of carboxylic acid groups (broad SMARTS) is 1. The molecule has 1 aromatic heterocycles. The van der Waals surface area contributed by atoms with Crippen molar-refractivity contribution in [3.05, 3.63) is 17.7 Å². The molecule has 1 unspecified atom stereocenters. The van der Waals surface area contributed by atoms with Crippen LogP contribution in [0.15, 0.2) is 6.33 Å². The van der Waals surface area contributed by atoms with Crippen molar-refractivity contribution in [1.29, 1.82) is 0 Å². The van der Waals surface area contributed by atoms with E-state index in [0.717, 1.165) is 17.9 Å². The third-order valence-electron chi connectivity index (χ3n) is 3.16. The number of carboxylic acids is 1. The van der Waals surface area contributed by atoms with Gasteiger partial charge in [-0.25, -0.2) is 4.98 Å². The van der Waals surface area contributed by atoms with E-state index in [0.29, 0.717) is 12.8 Å². The van der Waals surface area contributed by atoms with Gasteiger partial charge in [0, 0.05) is 24.1 Å². The minimum atomic E-state index is -0.688. The van der Waals surface area contributed by atoms with Crippen molar-refractivity contribution in [3.63, 3.8) is 0 Å². The molecule has 0 bridgehead atoms.